The number of methoxy groups -OCH3 is 2. The molecule has 1 heterocycles. The monoisotopic (exact) mass is 186 g/mol. The molecule has 0 amide bonds. The lowest BCUT2D eigenvalue weighted by Crippen LogP contribution is -2.17. The Kier molecular flexibility index (Phi) is 3.06. The number of hydrogen-bond acceptors (Lipinski definition) is 4. The van der Waals surface area contributed by atoms with E-state index in [0.717, 1.165) is 5.57 Å². The van der Waals surface area contributed by atoms with Crippen molar-refractivity contribution in [1.29, 1.82) is 0 Å². The molecule has 0 unspecified atom stereocenters. The van der Waals surface area contributed by atoms with Crippen molar-refractivity contribution < 1.29 is 19.0 Å². The summed E-state index contributed by atoms with van der Waals surface area (Å²) in [5.74, 6) is 0.0527. The van der Waals surface area contributed by atoms with Crippen molar-refractivity contribution >= 4 is 5.97 Å². The summed E-state index contributed by atoms with van der Waals surface area (Å²) < 4.78 is 15.0. The van der Waals surface area contributed by atoms with Gasteiger partial charge in [-0.1, -0.05) is 0 Å². The Bertz CT molecular complexity index is 240. The molecule has 0 aliphatic carbocycles. The van der Waals surface area contributed by atoms with Crippen LogP contribution in [0.4, 0.5) is 0 Å². The second-order valence-electron chi connectivity index (χ2n) is 2.99. The molecule has 0 fully saturated rings. The van der Waals surface area contributed by atoms with Crippen LogP contribution in [0, 0.1) is 5.92 Å². The van der Waals surface area contributed by atoms with Crippen LogP contribution in [0.5, 0.6) is 0 Å². The molecule has 1 aliphatic heterocycles. The lowest BCUT2D eigenvalue weighted by molar-refractivity contribution is -0.148. The van der Waals surface area contributed by atoms with E-state index >= 15 is 0 Å². The fraction of sp³-hybridized carbons (Fsp3) is 0.667. The summed E-state index contributed by atoms with van der Waals surface area (Å²) in [6.07, 6.45) is -0.575. The van der Waals surface area contributed by atoms with E-state index in [2.05, 4.69) is 0 Å². The molecule has 0 aromatic carbocycles. The Labute approximate surface area is 77.5 Å². The number of esters is 1. The van der Waals surface area contributed by atoms with Crippen molar-refractivity contribution in [3.05, 3.63) is 11.3 Å². The lowest BCUT2D eigenvalue weighted by atomic mass is 10.0. The number of ether oxygens (including phenoxy) is 3. The van der Waals surface area contributed by atoms with Gasteiger partial charge in [-0.2, -0.15) is 0 Å². The molecule has 1 atom stereocenters. The first kappa shape index (κ1) is 10.2. The number of rotatable bonds is 3. The molecule has 74 valence electrons. The Morgan fingerprint density at radius 3 is 2.23 bits per heavy atom. The zero-order valence-corrected chi connectivity index (χ0v) is 8.29. The van der Waals surface area contributed by atoms with Crippen LogP contribution in [0.2, 0.25) is 0 Å². The molecule has 0 radical (unpaired) electrons. The van der Waals surface area contributed by atoms with E-state index in [1.807, 2.05) is 6.92 Å². The quantitative estimate of drug-likeness (QED) is 0.488. The summed E-state index contributed by atoms with van der Waals surface area (Å²) in [6.45, 7) is 3.64. The molecule has 1 rings (SSSR count). The predicted molar refractivity (Wildman–Crippen MR) is 45.8 cm³/mol. The van der Waals surface area contributed by atoms with Crippen LogP contribution in [0.15, 0.2) is 11.3 Å². The van der Waals surface area contributed by atoms with Gasteiger partial charge < -0.3 is 14.2 Å². The smallest absolute Gasteiger partial charge is 0.318 e. The number of carbonyl (C=O) groups excluding carboxylic acids is 1. The molecule has 0 N–H and O–H groups in total. The first-order valence-electron chi connectivity index (χ1n) is 4.09. The summed E-state index contributed by atoms with van der Waals surface area (Å²) in [5.41, 5.74) is 0.874. The van der Waals surface area contributed by atoms with Gasteiger partial charge in [0.05, 0.1) is 5.92 Å². The highest BCUT2D eigenvalue weighted by Gasteiger charge is 2.33. The highest BCUT2D eigenvalue weighted by Crippen LogP contribution is 2.29. The number of carbonyl (C=O) groups is 1. The van der Waals surface area contributed by atoms with Crippen LogP contribution >= 0.6 is 0 Å². The van der Waals surface area contributed by atoms with Crippen LogP contribution in [0.3, 0.4) is 0 Å². The molecule has 1 aliphatic rings. The standard InChI is InChI=1S/C9H14O4/c1-5-6(2)8(10)13-7(5)9(11-3)12-4/h6,9H,1-4H3/t6-/m1/s1. The second kappa shape index (κ2) is 3.89. The normalized spacial score (nSPS) is 22.8. The summed E-state index contributed by atoms with van der Waals surface area (Å²) in [4.78, 5) is 11.2. The van der Waals surface area contributed by atoms with Crippen molar-refractivity contribution in [1.82, 2.24) is 0 Å². The van der Waals surface area contributed by atoms with E-state index in [1.165, 1.54) is 14.2 Å². The highest BCUT2D eigenvalue weighted by molar-refractivity contribution is 5.79. The van der Waals surface area contributed by atoms with Crippen molar-refractivity contribution in [3.8, 4) is 0 Å². The highest BCUT2D eigenvalue weighted by atomic mass is 16.7. The average Bonchev–Trinajstić information content (AvgIpc) is 2.36. The average molecular weight is 186 g/mol. The van der Waals surface area contributed by atoms with Crippen molar-refractivity contribution in [2.24, 2.45) is 5.92 Å². The third-order valence-corrected chi connectivity index (χ3v) is 2.24. The minimum Gasteiger partial charge on any atom is -0.425 e. The Morgan fingerprint density at radius 2 is 1.92 bits per heavy atom. The van der Waals surface area contributed by atoms with E-state index in [4.69, 9.17) is 14.2 Å². The molecule has 13 heavy (non-hydrogen) atoms. The topological polar surface area (TPSA) is 44.8 Å². The molecule has 0 aromatic heterocycles. The van der Waals surface area contributed by atoms with Gasteiger partial charge in [0, 0.05) is 14.2 Å². The van der Waals surface area contributed by atoms with Gasteiger partial charge in [0.15, 0.2) is 5.76 Å². The molecule has 0 saturated carbocycles. The molecule has 4 heteroatoms. The van der Waals surface area contributed by atoms with Crippen LogP contribution in [-0.2, 0) is 19.0 Å². The third kappa shape index (κ3) is 1.73. The maximum atomic E-state index is 11.2. The van der Waals surface area contributed by atoms with Crippen LogP contribution in [-0.4, -0.2) is 26.5 Å². The van der Waals surface area contributed by atoms with E-state index in [9.17, 15) is 4.79 Å². The van der Waals surface area contributed by atoms with E-state index < -0.39 is 6.29 Å². The summed E-state index contributed by atoms with van der Waals surface area (Å²) in [5, 5.41) is 0. The maximum Gasteiger partial charge on any atom is 0.318 e. The molecule has 0 saturated heterocycles. The van der Waals surface area contributed by atoms with E-state index in [0.29, 0.717) is 5.76 Å². The Hall–Kier alpha value is -0.870. The lowest BCUT2D eigenvalue weighted by Gasteiger charge is -2.13. The largest absolute Gasteiger partial charge is 0.425 e. The summed E-state index contributed by atoms with van der Waals surface area (Å²) in [6, 6.07) is 0. The predicted octanol–water partition coefficient (Wildman–Crippen LogP) is 1.07. The molecule has 0 spiro atoms. The minimum atomic E-state index is -0.575. The molecule has 4 nitrogen and oxygen atoms in total. The summed E-state index contributed by atoms with van der Waals surface area (Å²) >= 11 is 0. The van der Waals surface area contributed by atoms with Gasteiger partial charge in [-0.15, -0.1) is 0 Å². The van der Waals surface area contributed by atoms with Crippen molar-refractivity contribution in [2.75, 3.05) is 14.2 Å². The van der Waals surface area contributed by atoms with Gasteiger partial charge in [0.25, 0.3) is 0 Å². The van der Waals surface area contributed by atoms with Crippen molar-refractivity contribution in [3.63, 3.8) is 0 Å². The Morgan fingerprint density at radius 1 is 1.38 bits per heavy atom. The number of hydrogen-bond donors (Lipinski definition) is 0. The fourth-order valence-electron chi connectivity index (χ4n) is 1.21. The molecule has 0 aromatic rings. The van der Waals surface area contributed by atoms with E-state index in [1.54, 1.807) is 6.92 Å². The zero-order valence-electron chi connectivity index (χ0n) is 8.29. The maximum absolute atomic E-state index is 11.2. The molecular weight excluding hydrogens is 172 g/mol. The van der Waals surface area contributed by atoms with E-state index in [-0.39, 0.29) is 11.9 Å². The first-order chi connectivity index (χ1) is 6.11. The van der Waals surface area contributed by atoms with Gasteiger partial charge in [-0.05, 0) is 19.4 Å². The van der Waals surface area contributed by atoms with Gasteiger partial charge in [0.2, 0.25) is 6.29 Å². The van der Waals surface area contributed by atoms with Gasteiger partial charge in [0.1, 0.15) is 0 Å². The Balaban J connectivity index is 2.85. The second-order valence-corrected chi connectivity index (χ2v) is 2.99. The van der Waals surface area contributed by atoms with Gasteiger partial charge >= 0.3 is 5.97 Å². The minimum absolute atomic E-state index is 0.192. The number of cyclic esters (lactones) is 1. The van der Waals surface area contributed by atoms with Crippen molar-refractivity contribution in [2.45, 2.75) is 20.1 Å². The SMILES string of the molecule is COC(OC)C1=C(C)[C@@H](C)C(=O)O1. The fourth-order valence-corrected chi connectivity index (χ4v) is 1.21. The zero-order chi connectivity index (χ0) is 10.0. The van der Waals surface area contributed by atoms with Gasteiger partial charge in [-0.25, -0.2) is 0 Å². The third-order valence-electron chi connectivity index (χ3n) is 2.24. The molecular formula is C9H14O4. The van der Waals surface area contributed by atoms with Crippen LogP contribution in [0.1, 0.15) is 13.8 Å². The van der Waals surface area contributed by atoms with Gasteiger partial charge in [-0.3, -0.25) is 4.79 Å². The van der Waals surface area contributed by atoms with Crippen LogP contribution < -0.4 is 0 Å². The van der Waals surface area contributed by atoms with Crippen LogP contribution in [0.25, 0.3) is 0 Å². The molecule has 0 bridgehead atoms. The summed E-state index contributed by atoms with van der Waals surface area (Å²) in [7, 11) is 3.01. The first-order valence-corrected chi connectivity index (χ1v) is 4.09.